The summed E-state index contributed by atoms with van der Waals surface area (Å²) in [4.78, 5) is 2.60. The van der Waals surface area contributed by atoms with Gasteiger partial charge in [0.15, 0.2) is 0 Å². The molecule has 1 fully saturated rings. The van der Waals surface area contributed by atoms with Crippen LogP contribution in [0.5, 0.6) is 0 Å². The number of hydrogen-bond donors (Lipinski definition) is 1. The van der Waals surface area contributed by atoms with Gasteiger partial charge >= 0.3 is 0 Å². The molecular weight excluding hydrogens is 256 g/mol. The molecule has 0 spiro atoms. The van der Waals surface area contributed by atoms with Crippen LogP contribution in [-0.4, -0.2) is 12.6 Å². The Morgan fingerprint density at radius 2 is 1.76 bits per heavy atom. The second-order valence-corrected chi connectivity index (χ2v) is 6.70. The molecule has 0 bridgehead atoms. The molecule has 0 aromatic heterocycles. The van der Waals surface area contributed by atoms with Gasteiger partial charge in [-0.05, 0) is 42.2 Å². The lowest BCUT2D eigenvalue weighted by atomic mass is 9.85. The molecule has 2 N–H and O–H groups in total. The smallest absolute Gasteiger partial charge is 0.0448 e. The van der Waals surface area contributed by atoms with Gasteiger partial charge in [-0.25, -0.2) is 0 Å². The highest BCUT2D eigenvalue weighted by Gasteiger charge is 2.29. The lowest BCUT2D eigenvalue weighted by Crippen LogP contribution is -2.45. The van der Waals surface area contributed by atoms with Crippen LogP contribution in [0.15, 0.2) is 36.4 Å². The molecule has 112 valence electrons. The summed E-state index contributed by atoms with van der Waals surface area (Å²) in [5.41, 5.74) is 8.51. The number of fused-ring (bicyclic) bond motifs is 1. The molecular formula is C19H26N2. The van der Waals surface area contributed by atoms with Crippen molar-refractivity contribution in [3.8, 4) is 0 Å². The lowest BCUT2D eigenvalue weighted by molar-refractivity contribution is 0.297. The summed E-state index contributed by atoms with van der Waals surface area (Å²) < 4.78 is 0. The molecule has 1 aliphatic rings. The van der Waals surface area contributed by atoms with Crippen molar-refractivity contribution in [3.63, 3.8) is 0 Å². The van der Waals surface area contributed by atoms with Gasteiger partial charge in [0.25, 0.3) is 0 Å². The normalized spacial score (nSPS) is 26.3. The molecule has 2 nitrogen and oxygen atoms in total. The first-order valence-electron chi connectivity index (χ1n) is 8.09. The molecule has 0 amide bonds. The van der Waals surface area contributed by atoms with Gasteiger partial charge in [-0.2, -0.15) is 0 Å². The lowest BCUT2D eigenvalue weighted by Gasteiger charge is -2.43. The van der Waals surface area contributed by atoms with Crippen molar-refractivity contribution in [2.45, 2.75) is 39.8 Å². The maximum Gasteiger partial charge on any atom is 0.0448 e. The summed E-state index contributed by atoms with van der Waals surface area (Å²) in [5, 5.41) is 2.64. The van der Waals surface area contributed by atoms with Crippen LogP contribution in [0.1, 0.15) is 32.8 Å². The van der Waals surface area contributed by atoms with Gasteiger partial charge in [-0.1, -0.05) is 44.2 Å². The van der Waals surface area contributed by atoms with Crippen molar-refractivity contribution in [3.05, 3.63) is 42.0 Å². The van der Waals surface area contributed by atoms with Gasteiger partial charge < -0.3 is 10.6 Å². The average Bonchev–Trinajstić information content (AvgIpc) is 2.50. The van der Waals surface area contributed by atoms with Gasteiger partial charge in [0.2, 0.25) is 0 Å². The third-order valence-electron chi connectivity index (χ3n) is 5.12. The van der Waals surface area contributed by atoms with E-state index in [1.165, 1.54) is 28.4 Å². The number of benzene rings is 2. The van der Waals surface area contributed by atoms with E-state index in [4.69, 9.17) is 5.73 Å². The average molecular weight is 282 g/mol. The molecule has 2 aromatic carbocycles. The fourth-order valence-electron chi connectivity index (χ4n) is 3.81. The number of nitrogens with zero attached hydrogens (tertiary/aromatic N) is 1. The molecule has 3 unspecified atom stereocenters. The first-order valence-corrected chi connectivity index (χ1v) is 8.09. The van der Waals surface area contributed by atoms with Crippen LogP contribution in [0.4, 0.5) is 5.69 Å². The zero-order valence-electron chi connectivity index (χ0n) is 13.3. The Morgan fingerprint density at radius 1 is 1.05 bits per heavy atom. The zero-order chi connectivity index (χ0) is 15.0. The Kier molecular flexibility index (Phi) is 3.90. The summed E-state index contributed by atoms with van der Waals surface area (Å²) in [6, 6.07) is 13.7. The minimum atomic E-state index is 0.591. The first-order chi connectivity index (χ1) is 10.1. The third-order valence-corrected chi connectivity index (χ3v) is 5.12. The van der Waals surface area contributed by atoms with Crippen LogP contribution < -0.4 is 10.6 Å². The summed E-state index contributed by atoms with van der Waals surface area (Å²) in [6.45, 7) is 8.86. The predicted molar refractivity (Wildman–Crippen MR) is 91.6 cm³/mol. The Morgan fingerprint density at radius 3 is 2.48 bits per heavy atom. The second-order valence-electron chi connectivity index (χ2n) is 6.70. The molecule has 3 rings (SSSR count). The van der Waals surface area contributed by atoms with Crippen LogP contribution in [0, 0.1) is 11.8 Å². The van der Waals surface area contributed by atoms with Crippen LogP contribution >= 0.6 is 0 Å². The van der Waals surface area contributed by atoms with Crippen molar-refractivity contribution in [1.82, 2.24) is 0 Å². The van der Waals surface area contributed by atoms with Crippen LogP contribution in [0.25, 0.3) is 10.8 Å². The largest absolute Gasteiger partial charge is 0.368 e. The number of anilines is 1. The minimum absolute atomic E-state index is 0.591. The number of rotatable bonds is 2. The Balaban J connectivity index is 2.12. The predicted octanol–water partition coefficient (Wildman–Crippen LogP) is 4.17. The zero-order valence-corrected chi connectivity index (χ0v) is 13.3. The SMILES string of the molecule is CC1CC(C)C(C)N(c2ccc(CN)c3ccccc23)C1. The van der Waals surface area contributed by atoms with E-state index in [0.717, 1.165) is 18.4 Å². The maximum absolute atomic E-state index is 5.90. The molecule has 1 aliphatic heterocycles. The van der Waals surface area contributed by atoms with E-state index in [9.17, 15) is 0 Å². The molecule has 0 radical (unpaired) electrons. The fraction of sp³-hybridized carbons (Fsp3) is 0.474. The van der Waals surface area contributed by atoms with E-state index in [1.54, 1.807) is 0 Å². The van der Waals surface area contributed by atoms with Gasteiger partial charge in [0.05, 0.1) is 0 Å². The second kappa shape index (κ2) is 5.69. The van der Waals surface area contributed by atoms with E-state index >= 15 is 0 Å². The quantitative estimate of drug-likeness (QED) is 0.895. The van der Waals surface area contributed by atoms with Crippen LogP contribution in [0.3, 0.4) is 0 Å². The van der Waals surface area contributed by atoms with Crippen LogP contribution in [0.2, 0.25) is 0 Å². The van der Waals surface area contributed by atoms with Crippen molar-refractivity contribution < 1.29 is 0 Å². The van der Waals surface area contributed by atoms with Gasteiger partial charge in [0, 0.05) is 30.2 Å². The monoisotopic (exact) mass is 282 g/mol. The molecule has 2 heteroatoms. The number of hydrogen-bond acceptors (Lipinski definition) is 2. The Labute approximate surface area is 127 Å². The standard InChI is InChI=1S/C19H26N2/c1-13-10-14(2)15(3)21(12-13)19-9-8-16(11-20)17-6-4-5-7-18(17)19/h4-9,13-15H,10-12,20H2,1-3H3. The van der Waals surface area contributed by atoms with Crippen molar-refractivity contribution in [2.24, 2.45) is 17.6 Å². The highest BCUT2D eigenvalue weighted by atomic mass is 15.2. The molecule has 1 heterocycles. The topological polar surface area (TPSA) is 29.3 Å². The minimum Gasteiger partial charge on any atom is -0.368 e. The van der Waals surface area contributed by atoms with Gasteiger partial charge in [-0.15, -0.1) is 0 Å². The molecule has 3 atom stereocenters. The third kappa shape index (κ3) is 2.53. The molecule has 1 saturated heterocycles. The van der Waals surface area contributed by atoms with Crippen LogP contribution in [-0.2, 0) is 6.54 Å². The first kappa shape index (κ1) is 14.4. The highest BCUT2D eigenvalue weighted by molar-refractivity contribution is 5.96. The summed E-state index contributed by atoms with van der Waals surface area (Å²) >= 11 is 0. The Hall–Kier alpha value is -1.54. The summed E-state index contributed by atoms with van der Waals surface area (Å²) in [5.74, 6) is 1.49. The van der Waals surface area contributed by atoms with Crippen molar-refractivity contribution in [2.75, 3.05) is 11.4 Å². The summed E-state index contributed by atoms with van der Waals surface area (Å²) in [6.07, 6.45) is 1.33. The van der Waals surface area contributed by atoms with E-state index in [0.29, 0.717) is 12.6 Å². The van der Waals surface area contributed by atoms with Crippen molar-refractivity contribution in [1.29, 1.82) is 0 Å². The Bertz CT molecular complexity index is 634. The number of nitrogens with two attached hydrogens (primary N) is 1. The van der Waals surface area contributed by atoms with E-state index in [-0.39, 0.29) is 0 Å². The van der Waals surface area contributed by atoms with Crippen molar-refractivity contribution >= 4 is 16.5 Å². The van der Waals surface area contributed by atoms with Gasteiger partial charge in [0.1, 0.15) is 0 Å². The summed E-state index contributed by atoms with van der Waals surface area (Å²) in [7, 11) is 0. The van der Waals surface area contributed by atoms with E-state index in [2.05, 4.69) is 62.1 Å². The fourth-order valence-corrected chi connectivity index (χ4v) is 3.81. The van der Waals surface area contributed by atoms with Gasteiger partial charge in [-0.3, -0.25) is 0 Å². The molecule has 2 aromatic rings. The highest BCUT2D eigenvalue weighted by Crippen LogP contribution is 2.36. The molecule has 21 heavy (non-hydrogen) atoms. The molecule has 0 saturated carbocycles. The van der Waals surface area contributed by atoms with E-state index in [1.807, 2.05) is 0 Å². The van der Waals surface area contributed by atoms with E-state index < -0.39 is 0 Å². The molecule has 0 aliphatic carbocycles. The number of piperidine rings is 1. The maximum atomic E-state index is 5.90.